The number of aryl methyl sites for hydroxylation is 1. The number of nitrogens with zero attached hydrogens (tertiary/aromatic N) is 2. The Balaban J connectivity index is 1.31. The van der Waals surface area contributed by atoms with Crippen LogP contribution in [0.1, 0.15) is 45.2 Å². The maximum atomic E-state index is 14.2. The zero-order valence-corrected chi connectivity index (χ0v) is 26.9. The Hall–Kier alpha value is -3.63. The highest BCUT2D eigenvalue weighted by molar-refractivity contribution is 9.10. The van der Waals surface area contributed by atoms with E-state index in [9.17, 15) is 14.4 Å². The van der Waals surface area contributed by atoms with E-state index in [4.69, 9.17) is 9.47 Å². The molecule has 0 aliphatic carbocycles. The number of benzene rings is 3. The summed E-state index contributed by atoms with van der Waals surface area (Å²) in [5, 5.41) is 8.33. The van der Waals surface area contributed by atoms with Crippen LogP contribution in [0, 0.1) is 0 Å². The van der Waals surface area contributed by atoms with Gasteiger partial charge in [-0.25, -0.2) is 4.79 Å². The largest absolute Gasteiger partial charge is 0.496 e. The number of halogens is 1. The van der Waals surface area contributed by atoms with Gasteiger partial charge in [0.25, 0.3) is 0 Å². The minimum absolute atomic E-state index is 0.0299. The van der Waals surface area contributed by atoms with Crippen molar-refractivity contribution in [2.75, 3.05) is 25.1 Å². The van der Waals surface area contributed by atoms with Crippen LogP contribution in [-0.2, 0) is 27.3 Å². The average molecular weight is 652 g/mol. The smallest absolute Gasteiger partial charge is 0.410 e. The predicted molar refractivity (Wildman–Crippen MR) is 170 cm³/mol. The van der Waals surface area contributed by atoms with Gasteiger partial charge in [-0.3, -0.25) is 14.9 Å². The molecule has 3 aromatic rings. The molecule has 0 bridgehead atoms. The van der Waals surface area contributed by atoms with Crippen molar-refractivity contribution in [3.8, 4) is 5.75 Å². The van der Waals surface area contributed by atoms with Crippen molar-refractivity contribution in [2.24, 2.45) is 0 Å². The average Bonchev–Trinajstić information content (AvgIpc) is 3.05. The van der Waals surface area contributed by atoms with E-state index in [2.05, 4.69) is 26.6 Å². The van der Waals surface area contributed by atoms with Crippen LogP contribution in [0.2, 0.25) is 0 Å². The maximum Gasteiger partial charge on any atom is 0.410 e. The number of nitrogens with one attached hydrogen (secondary N) is 2. The highest BCUT2D eigenvalue weighted by Gasteiger charge is 2.37. The lowest BCUT2D eigenvalue weighted by atomic mass is 10.0. The van der Waals surface area contributed by atoms with Crippen LogP contribution < -0.4 is 20.3 Å². The molecule has 2 heterocycles. The standard InChI is InChI=1S/C33H39BrN4O5/c1-20(35-24-17-37(18-24)32(41)43-33(2,3)4)30(39)36-27-14-10-21-8-6-7-9-28(21)38(31(27)40)19-26-25-13-12-23(34)16-22(25)11-15-29(26)42-5/h6-9,11-13,15-16,20,24,27,35H,10,14,17-19H2,1-5H3,(H,36,39)/t20-,27-/m0/s1. The molecular weight excluding hydrogens is 612 g/mol. The molecule has 9 nitrogen and oxygen atoms in total. The Morgan fingerprint density at radius 3 is 2.56 bits per heavy atom. The van der Waals surface area contributed by atoms with E-state index in [1.807, 2.05) is 75.4 Å². The summed E-state index contributed by atoms with van der Waals surface area (Å²) in [6.07, 6.45) is 0.778. The molecule has 0 spiro atoms. The molecule has 2 aliphatic rings. The number of carbonyl (C=O) groups is 3. The predicted octanol–water partition coefficient (Wildman–Crippen LogP) is 5.17. The van der Waals surface area contributed by atoms with E-state index in [0.717, 1.165) is 32.1 Å². The van der Waals surface area contributed by atoms with Gasteiger partial charge in [-0.15, -0.1) is 0 Å². The number of rotatable bonds is 7. The molecule has 2 N–H and O–H groups in total. The third-order valence-corrected chi connectivity index (χ3v) is 8.36. The fourth-order valence-electron chi connectivity index (χ4n) is 5.66. The van der Waals surface area contributed by atoms with Crippen molar-refractivity contribution in [1.29, 1.82) is 0 Å². The zero-order valence-electron chi connectivity index (χ0n) is 25.3. The Morgan fingerprint density at radius 1 is 1.09 bits per heavy atom. The topological polar surface area (TPSA) is 100 Å². The first-order chi connectivity index (χ1) is 20.4. The number of amides is 3. The number of likely N-dealkylation sites (tertiary alicyclic amines) is 1. The van der Waals surface area contributed by atoms with Gasteiger partial charge in [0, 0.05) is 34.9 Å². The number of hydrogen-bond acceptors (Lipinski definition) is 6. The Labute approximate surface area is 261 Å². The summed E-state index contributed by atoms with van der Waals surface area (Å²) >= 11 is 3.55. The number of hydrogen-bond donors (Lipinski definition) is 2. The van der Waals surface area contributed by atoms with Crippen LogP contribution in [0.25, 0.3) is 10.8 Å². The van der Waals surface area contributed by atoms with Gasteiger partial charge in [0.15, 0.2) is 0 Å². The normalized spacial score (nSPS) is 18.0. The van der Waals surface area contributed by atoms with E-state index in [-0.39, 0.29) is 23.9 Å². The van der Waals surface area contributed by atoms with Crippen molar-refractivity contribution in [2.45, 2.75) is 70.8 Å². The summed E-state index contributed by atoms with van der Waals surface area (Å²) in [5.41, 5.74) is 2.23. The SMILES string of the molecule is COc1ccc2cc(Br)ccc2c1CN1C(=O)[C@@H](NC(=O)[C@H](C)NC2CN(C(=O)OC(C)(C)C)C2)CCc2ccccc21. The van der Waals surface area contributed by atoms with Crippen molar-refractivity contribution >= 4 is 50.3 Å². The summed E-state index contributed by atoms with van der Waals surface area (Å²) in [6.45, 7) is 8.48. The van der Waals surface area contributed by atoms with E-state index < -0.39 is 17.7 Å². The fraction of sp³-hybridized carbons (Fsp3) is 0.424. The lowest BCUT2D eigenvalue weighted by molar-refractivity contribution is -0.129. The molecule has 0 aromatic heterocycles. The van der Waals surface area contributed by atoms with Crippen LogP contribution in [0.5, 0.6) is 5.75 Å². The van der Waals surface area contributed by atoms with E-state index in [1.54, 1.807) is 23.8 Å². The monoisotopic (exact) mass is 650 g/mol. The molecule has 3 aromatic carbocycles. The molecule has 0 radical (unpaired) electrons. The summed E-state index contributed by atoms with van der Waals surface area (Å²) in [4.78, 5) is 43.1. The number of carbonyl (C=O) groups excluding carboxylic acids is 3. The van der Waals surface area contributed by atoms with Crippen LogP contribution in [0.15, 0.2) is 59.1 Å². The summed E-state index contributed by atoms with van der Waals surface area (Å²) in [6, 6.07) is 16.6. The lowest BCUT2D eigenvalue weighted by Gasteiger charge is -2.41. The van der Waals surface area contributed by atoms with E-state index in [1.165, 1.54) is 0 Å². The number of methoxy groups -OCH3 is 1. The molecule has 3 amide bonds. The van der Waals surface area contributed by atoms with Gasteiger partial charge in [0.1, 0.15) is 17.4 Å². The van der Waals surface area contributed by atoms with Crippen molar-refractivity contribution < 1.29 is 23.9 Å². The van der Waals surface area contributed by atoms with Crippen LogP contribution in [-0.4, -0.2) is 66.7 Å². The molecule has 228 valence electrons. The zero-order chi connectivity index (χ0) is 30.9. The molecule has 43 heavy (non-hydrogen) atoms. The first-order valence-corrected chi connectivity index (χ1v) is 15.4. The van der Waals surface area contributed by atoms with Gasteiger partial charge in [-0.1, -0.05) is 46.3 Å². The van der Waals surface area contributed by atoms with Crippen molar-refractivity contribution in [3.05, 3.63) is 70.2 Å². The first kappa shape index (κ1) is 30.8. The molecule has 1 saturated heterocycles. The van der Waals surface area contributed by atoms with E-state index in [0.29, 0.717) is 38.2 Å². The van der Waals surface area contributed by atoms with Crippen molar-refractivity contribution in [1.82, 2.24) is 15.5 Å². The van der Waals surface area contributed by atoms with Crippen LogP contribution in [0.4, 0.5) is 10.5 Å². The maximum absolute atomic E-state index is 14.2. The first-order valence-electron chi connectivity index (χ1n) is 14.6. The third-order valence-electron chi connectivity index (χ3n) is 7.86. The van der Waals surface area contributed by atoms with Gasteiger partial charge in [-0.05, 0) is 81.1 Å². The molecule has 5 rings (SSSR count). The van der Waals surface area contributed by atoms with Gasteiger partial charge >= 0.3 is 6.09 Å². The second-order valence-corrected chi connectivity index (χ2v) is 13.2. The quantitative estimate of drug-likeness (QED) is 0.366. The molecule has 0 saturated carbocycles. The van der Waals surface area contributed by atoms with Crippen molar-refractivity contribution in [3.63, 3.8) is 0 Å². The highest BCUT2D eigenvalue weighted by Crippen LogP contribution is 2.35. The summed E-state index contributed by atoms with van der Waals surface area (Å²) < 4.78 is 12.1. The second-order valence-electron chi connectivity index (χ2n) is 12.2. The number of para-hydroxylation sites is 1. The third kappa shape index (κ3) is 6.96. The second kappa shape index (κ2) is 12.5. The van der Waals surface area contributed by atoms with Gasteiger partial charge in [0.2, 0.25) is 11.8 Å². The highest BCUT2D eigenvalue weighted by atomic mass is 79.9. The number of fused-ring (bicyclic) bond motifs is 2. The Bertz CT molecular complexity index is 1530. The minimum Gasteiger partial charge on any atom is -0.496 e. The van der Waals surface area contributed by atoms with Gasteiger partial charge < -0.3 is 24.6 Å². The summed E-state index contributed by atoms with van der Waals surface area (Å²) in [5.74, 6) is 0.276. The molecular formula is C33H39BrN4O5. The van der Waals surface area contributed by atoms with Gasteiger partial charge in [0.05, 0.1) is 19.7 Å². The molecule has 10 heteroatoms. The molecule has 2 atom stereocenters. The van der Waals surface area contributed by atoms with Crippen LogP contribution >= 0.6 is 15.9 Å². The van der Waals surface area contributed by atoms with Crippen LogP contribution in [0.3, 0.4) is 0 Å². The lowest BCUT2D eigenvalue weighted by Crippen LogP contribution is -2.64. The Kier molecular flexibility index (Phi) is 8.99. The number of anilines is 1. The number of ether oxygens (including phenoxy) is 2. The van der Waals surface area contributed by atoms with E-state index >= 15 is 0 Å². The minimum atomic E-state index is -0.695. The molecule has 2 aliphatic heterocycles. The molecule has 1 fully saturated rings. The molecule has 0 unspecified atom stereocenters. The van der Waals surface area contributed by atoms with Gasteiger partial charge in [-0.2, -0.15) is 0 Å². The summed E-state index contributed by atoms with van der Waals surface area (Å²) in [7, 11) is 1.63. The fourth-order valence-corrected chi connectivity index (χ4v) is 6.03. The Morgan fingerprint density at radius 2 is 1.84 bits per heavy atom.